The molecule has 2 atom stereocenters. The van der Waals surface area contributed by atoms with Crippen LogP contribution in [0.4, 0.5) is 0 Å². The van der Waals surface area contributed by atoms with E-state index >= 15 is 0 Å². The minimum absolute atomic E-state index is 0.852. The highest BCUT2D eigenvalue weighted by atomic mass is 15.2. The smallest absolute Gasteiger partial charge is 0.00967 e. The topological polar surface area (TPSA) is 15.3 Å². The van der Waals surface area contributed by atoms with Gasteiger partial charge >= 0.3 is 0 Å². The first-order valence-corrected chi connectivity index (χ1v) is 8.32. The molecule has 0 aromatic rings. The zero-order chi connectivity index (χ0) is 12.4. The first-order chi connectivity index (χ1) is 8.84. The van der Waals surface area contributed by atoms with Gasteiger partial charge in [-0.2, -0.15) is 0 Å². The number of nitrogens with zero attached hydrogens (tertiary/aromatic N) is 1. The Morgan fingerprint density at radius 2 is 1.67 bits per heavy atom. The summed E-state index contributed by atoms with van der Waals surface area (Å²) < 4.78 is 0. The van der Waals surface area contributed by atoms with Crippen LogP contribution in [0.15, 0.2) is 0 Å². The van der Waals surface area contributed by atoms with E-state index < -0.39 is 0 Å². The number of nitrogens with one attached hydrogen (secondary N) is 1. The van der Waals surface area contributed by atoms with Crippen LogP contribution in [0.5, 0.6) is 0 Å². The Bertz CT molecular complexity index is 246. The fourth-order valence-electron chi connectivity index (χ4n) is 4.58. The van der Waals surface area contributed by atoms with Crippen molar-refractivity contribution in [3.63, 3.8) is 0 Å². The van der Waals surface area contributed by atoms with Gasteiger partial charge in [-0.25, -0.2) is 0 Å². The molecule has 0 radical (unpaired) electrons. The highest BCUT2D eigenvalue weighted by Crippen LogP contribution is 2.33. The molecule has 3 rings (SSSR count). The minimum Gasteiger partial charge on any atom is -0.314 e. The Labute approximate surface area is 113 Å². The van der Waals surface area contributed by atoms with Gasteiger partial charge in [0.15, 0.2) is 0 Å². The first kappa shape index (κ1) is 12.9. The van der Waals surface area contributed by atoms with Crippen molar-refractivity contribution in [3.05, 3.63) is 0 Å². The van der Waals surface area contributed by atoms with Crippen molar-refractivity contribution in [1.29, 1.82) is 0 Å². The fourth-order valence-corrected chi connectivity index (χ4v) is 4.58. The van der Waals surface area contributed by atoms with Gasteiger partial charge in [0, 0.05) is 12.1 Å². The van der Waals surface area contributed by atoms with Crippen molar-refractivity contribution in [2.24, 2.45) is 11.8 Å². The molecule has 0 aromatic carbocycles. The van der Waals surface area contributed by atoms with Gasteiger partial charge in [0.1, 0.15) is 0 Å². The molecule has 2 heterocycles. The van der Waals surface area contributed by atoms with E-state index in [0.717, 1.165) is 23.9 Å². The lowest BCUT2D eigenvalue weighted by Crippen LogP contribution is -2.46. The molecule has 2 nitrogen and oxygen atoms in total. The van der Waals surface area contributed by atoms with Crippen LogP contribution in [0.2, 0.25) is 0 Å². The summed E-state index contributed by atoms with van der Waals surface area (Å²) in [7, 11) is 0. The lowest BCUT2D eigenvalue weighted by molar-refractivity contribution is 0.0960. The number of likely N-dealkylation sites (tertiary alicyclic amines) is 1. The monoisotopic (exact) mass is 250 g/mol. The van der Waals surface area contributed by atoms with Crippen molar-refractivity contribution in [3.8, 4) is 0 Å². The van der Waals surface area contributed by atoms with Gasteiger partial charge in [-0.05, 0) is 76.9 Å². The maximum atomic E-state index is 3.71. The van der Waals surface area contributed by atoms with E-state index in [1.54, 1.807) is 0 Å². The molecule has 2 saturated heterocycles. The molecule has 2 heteroatoms. The van der Waals surface area contributed by atoms with Gasteiger partial charge in [0.2, 0.25) is 0 Å². The Kier molecular flexibility index (Phi) is 4.25. The van der Waals surface area contributed by atoms with Gasteiger partial charge in [-0.1, -0.05) is 12.8 Å². The van der Waals surface area contributed by atoms with Crippen LogP contribution < -0.4 is 5.32 Å². The van der Waals surface area contributed by atoms with Crippen molar-refractivity contribution >= 4 is 0 Å². The molecule has 104 valence electrons. The summed E-state index contributed by atoms with van der Waals surface area (Å²) in [4.78, 5) is 2.79. The molecule has 1 N–H and O–H groups in total. The zero-order valence-corrected chi connectivity index (χ0v) is 12.0. The van der Waals surface area contributed by atoms with Gasteiger partial charge in [0.25, 0.3) is 0 Å². The number of hydrogen-bond donors (Lipinski definition) is 1. The highest BCUT2D eigenvalue weighted by Gasteiger charge is 2.32. The maximum absolute atomic E-state index is 3.71. The molecule has 0 bridgehead atoms. The largest absolute Gasteiger partial charge is 0.314 e. The second kappa shape index (κ2) is 5.92. The molecule has 3 fully saturated rings. The quantitative estimate of drug-likeness (QED) is 0.828. The summed E-state index contributed by atoms with van der Waals surface area (Å²) in [5.74, 6) is 1.98. The second-order valence-corrected chi connectivity index (χ2v) is 6.86. The van der Waals surface area contributed by atoms with Crippen molar-refractivity contribution in [2.75, 3.05) is 19.6 Å². The molecule has 18 heavy (non-hydrogen) atoms. The first-order valence-electron chi connectivity index (χ1n) is 8.32. The SMILES string of the molecule is CC(C1CCCC1)N1CCC(C2CCCN2)CC1. The normalized spacial score (nSPS) is 34.2. The molecule has 2 aliphatic heterocycles. The van der Waals surface area contributed by atoms with E-state index in [1.165, 1.54) is 71.0 Å². The summed E-state index contributed by atoms with van der Waals surface area (Å²) >= 11 is 0. The van der Waals surface area contributed by atoms with Crippen LogP contribution in [0.1, 0.15) is 58.3 Å². The average molecular weight is 250 g/mol. The van der Waals surface area contributed by atoms with E-state index in [1.807, 2.05) is 0 Å². The standard InChI is InChI=1S/C16H30N2/c1-13(14-5-2-3-6-14)18-11-8-15(9-12-18)16-7-4-10-17-16/h13-17H,2-12H2,1H3. The van der Waals surface area contributed by atoms with E-state index in [0.29, 0.717) is 0 Å². The number of piperidine rings is 1. The van der Waals surface area contributed by atoms with Gasteiger partial charge in [0.05, 0.1) is 0 Å². The van der Waals surface area contributed by atoms with Crippen LogP contribution >= 0.6 is 0 Å². The summed E-state index contributed by atoms with van der Waals surface area (Å²) in [6, 6.07) is 1.71. The number of hydrogen-bond acceptors (Lipinski definition) is 2. The minimum atomic E-state index is 0.852. The molecular formula is C16H30N2. The predicted molar refractivity (Wildman–Crippen MR) is 76.7 cm³/mol. The lowest BCUT2D eigenvalue weighted by Gasteiger charge is -2.40. The Morgan fingerprint density at radius 3 is 2.28 bits per heavy atom. The molecule has 2 unspecified atom stereocenters. The van der Waals surface area contributed by atoms with Crippen molar-refractivity contribution in [2.45, 2.75) is 70.4 Å². The van der Waals surface area contributed by atoms with E-state index in [-0.39, 0.29) is 0 Å². The van der Waals surface area contributed by atoms with Gasteiger partial charge in [-0.3, -0.25) is 0 Å². The van der Waals surface area contributed by atoms with Gasteiger partial charge < -0.3 is 10.2 Å². The predicted octanol–water partition coefficient (Wildman–Crippen LogP) is 3.03. The summed E-state index contributed by atoms with van der Waals surface area (Å²) in [5.41, 5.74) is 0. The summed E-state index contributed by atoms with van der Waals surface area (Å²) in [6.45, 7) is 6.48. The molecule has 0 spiro atoms. The third kappa shape index (κ3) is 2.75. The molecule has 1 saturated carbocycles. The van der Waals surface area contributed by atoms with Crippen LogP contribution in [0, 0.1) is 11.8 Å². The molecule has 0 aromatic heterocycles. The third-order valence-corrected chi connectivity index (χ3v) is 5.90. The van der Waals surface area contributed by atoms with Crippen LogP contribution in [0.25, 0.3) is 0 Å². The zero-order valence-electron chi connectivity index (χ0n) is 12.0. The molecule has 1 aliphatic carbocycles. The second-order valence-electron chi connectivity index (χ2n) is 6.86. The molecular weight excluding hydrogens is 220 g/mol. The van der Waals surface area contributed by atoms with Crippen LogP contribution in [-0.2, 0) is 0 Å². The molecule has 3 aliphatic rings. The van der Waals surface area contributed by atoms with E-state index in [9.17, 15) is 0 Å². The maximum Gasteiger partial charge on any atom is 0.00967 e. The number of rotatable bonds is 3. The van der Waals surface area contributed by atoms with Crippen molar-refractivity contribution in [1.82, 2.24) is 10.2 Å². The summed E-state index contributed by atoms with van der Waals surface area (Å²) in [5, 5.41) is 3.71. The van der Waals surface area contributed by atoms with Crippen LogP contribution in [0.3, 0.4) is 0 Å². The molecule has 0 amide bonds. The average Bonchev–Trinajstić information content (AvgIpc) is 3.11. The lowest BCUT2D eigenvalue weighted by atomic mass is 9.87. The van der Waals surface area contributed by atoms with E-state index in [2.05, 4.69) is 17.1 Å². The van der Waals surface area contributed by atoms with Crippen molar-refractivity contribution < 1.29 is 0 Å². The Morgan fingerprint density at radius 1 is 0.944 bits per heavy atom. The van der Waals surface area contributed by atoms with Crippen LogP contribution in [-0.4, -0.2) is 36.6 Å². The summed E-state index contributed by atoms with van der Waals surface area (Å²) in [6.07, 6.45) is 11.7. The fraction of sp³-hybridized carbons (Fsp3) is 1.00. The van der Waals surface area contributed by atoms with Gasteiger partial charge in [-0.15, -0.1) is 0 Å². The van der Waals surface area contributed by atoms with E-state index in [4.69, 9.17) is 0 Å². The third-order valence-electron chi connectivity index (χ3n) is 5.90. The Hall–Kier alpha value is -0.0800. The Balaban J connectivity index is 1.46. The highest BCUT2D eigenvalue weighted by molar-refractivity contribution is 4.88.